The van der Waals surface area contributed by atoms with Gasteiger partial charge in [0, 0.05) is 26.8 Å². The lowest BCUT2D eigenvalue weighted by Crippen LogP contribution is -1.85. The Kier molecular flexibility index (Phi) is 3.05. The normalized spacial score (nSPS) is 11.6. The Bertz CT molecular complexity index is 606. The molecule has 0 saturated heterocycles. The van der Waals surface area contributed by atoms with Crippen LogP contribution < -0.4 is 0 Å². The van der Waals surface area contributed by atoms with Gasteiger partial charge in [0.2, 0.25) is 0 Å². The van der Waals surface area contributed by atoms with Crippen molar-refractivity contribution in [1.82, 2.24) is 5.16 Å². The second kappa shape index (κ2) is 4.20. The van der Waals surface area contributed by atoms with Gasteiger partial charge in [-0.05, 0) is 12.1 Å². The smallest absolute Gasteiger partial charge is 0.297 e. The summed E-state index contributed by atoms with van der Waals surface area (Å²) in [7, 11) is 1.25. The highest BCUT2D eigenvalue weighted by molar-refractivity contribution is 9.10. The number of nitrogens with zero attached hydrogens (tertiary/aromatic N) is 1. The number of hydrogen-bond donors (Lipinski definition) is 0. The molecular weight excluding hydrogens is 318 g/mol. The molecular formula is C9H5BrClNO3S. The first-order valence-electron chi connectivity index (χ1n) is 4.14. The fraction of sp³-hybridized carbons (Fsp3) is 0. The van der Waals surface area contributed by atoms with Crippen molar-refractivity contribution in [3.05, 3.63) is 34.8 Å². The summed E-state index contributed by atoms with van der Waals surface area (Å²) < 4.78 is 27.5. The maximum atomic E-state index is 11.0. The van der Waals surface area contributed by atoms with Crippen LogP contribution in [-0.4, -0.2) is 13.6 Å². The van der Waals surface area contributed by atoms with E-state index in [4.69, 9.17) is 10.7 Å². The standard InChI is InChI=1S/C9H5BrClNO3S/c10-7-3-1-6(2-4-7)8-5-9(15-12-8)16(11,13)14/h1-5H. The van der Waals surface area contributed by atoms with Crippen LogP contribution in [0.4, 0.5) is 0 Å². The highest BCUT2D eigenvalue weighted by atomic mass is 79.9. The van der Waals surface area contributed by atoms with Gasteiger partial charge in [0.1, 0.15) is 5.69 Å². The molecule has 0 spiro atoms. The molecule has 2 rings (SSSR count). The van der Waals surface area contributed by atoms with E-state index in [1.54, 1.807) is 12.1 Å². The lowest BCUT2D eigenvalue weighted by atomic mass is 10.2. The Morgan fingerprint density at radius 2 is 1.88 bits per heavy atom. The van der Waals surface area contributed by atoms with E-state index in [1.807, 2.05) is 12.1 Å². The number of halogens is 2. The fourth-order valence-electron chi connectivity index (χ4n) is 1.13. The molecule has 0 aliphatic carbocycles. The minimum atomic E-state index is -3.86. The van der Waals surface area contributed by atoms with Gasteiger partial charge in [-0.3, -0.25) is 0 Å². The Balaban J connectivity index is 2.43. The predicted molar refractivity (Wildman–Crippen MR) is 62.7 cm³/mol. The summed E-state index contributed by atoms with van der Waals surface area (Å²) in [6, 6.07) is 8.49. The predicted octanol–water partition coefficient (Wildman–Crippen LogP) is 3.03. The first-order chi connectivity index (χ1) is 7.47. The zero-order chi connectivity index (χ0) is 11.8. The second-order valence-electron chi connectivity index (χ2n) is 2.98. The van der Waals surface area contributed by atoms with Crippen LogP contribution in [0.25, 0.3) is 11.3 Å². The quantitative estimate of drug-likeness (QED) is 0.797. The second-order valence-corrected chi connectivity index (χ2v) is 6.39. The number of rotatable bonds is 2. The summed E-state index contributed by atoms with van der Waals surface area (Å²) in [5.74, 6) is 0. The van der Waals surface area contributed by atoms with E-state index in [-0.39, 0.29) is 5.09 Å². The van der Waals surface area contributed by atoms with E-state index in [0.717, 1.165) is 10.0 Å². The number of benzene rings is 1. The first kappa shape index (κ1) is 11.6. The minimum Gasteiger partial charge on any atom is -0.343 e. The number of aromatic nitrogens is 1. The van der Waals surface area contributed by atoms with Gasteiger partial charge in [0.25, 0.3) is 14.1 Å². The molecule has 0 bridgehead atoms. The third-order valence-electron chi connectivity index (χ3n) is 1.87. The van der Waals surface area contributed by atoms with Crippen LogP contribution >= 0.6 is 26.6 Å². The van der Waals surface area contributed by atoms with Gasteiger partial charge in [0.05, 0.1) is 0 Å². The fourth-order valence-corrected chi connectivity index (χ4v) is 1.99. The van der Waals surface area contributed by atoms with Gasteiger partial charge in [-0.25, -0.2) is 8.42 Å². The van der Waals surface area contributed by atoms with Gasteiger partial charge in [-0.15, -0.1) is 0 Å². The highest BCUT2D eigenvalue weighted by Crippen LogP contribution is 2.24. The zero-order valence-corrected chi connectivity index (χ0v) is 10.9. The summed E-state index contributed by atoms with van der Waals surface area (Å²) in [5.41, 5.74) is 1.17. The summed E-state index contributed by atoms with van der Waals surface area (Å²) in [4.78, 5) is 0. The summed E-state index contributed by atoms with van der Waals surface area (Å²) >= 11 is 3.29. The molecule has 84 valence electrons. The van der Waals surface area contributed by atoms with Crippen molar-refractivity contribution in [2.45, 2.75) is 5.09 Å². The van der Waals surface area contributed by atoms with Gasteiger partial charge in [-0.1, -0.05) is 33.2 Å². The molecule has 0 radical (unpaired) electrons. The molecule has 1 aromatic carbocycles. The van der Waals surface area contributed by atoms with Crippen LogP contribution in [-0.2, 0) is 9.05 Å². The average molecular weight is 323 g/mol. The SMILES string of the molecule is O=S(=O)(Cl)c1cc(-c2ccc(Br)cc2)no1. The van der Waals surface area contributed by atoms with E-state index < -0.39 is 9.05 Å². The molecule has 0 aliphatic heterocycles. The third kappa shape index (κ3) is 2.45. The monoisotopic (exact) mass is 321 g/mol. The largest absolute Gasteiger partial charge is 0.343 e. The third-order valence-corrected chi connectivity index (χ3v) is 3.53. The van der Waals surface area contributed by atoms with E-state index >= 15 is 0 Å². The molecule has 0 saturated carbocycles. The Hall–Kier alpha value is -0.850. The Morgan fingerprint density at radius 1 is 1.25 bits per heavy atom. The molecule has 7 heteroatoms. The lowest BCUT2D eigenvalue weighted by molar-refractivity contribution is 0.343. The van der Waals surface area contributed by atoms with Crippen LogP contribution in [0.3, 0.4) is 0 Å². The van der Waals surface area contributed by atoms with Crippen molar-refractivity contribution in [2.75, 3.05) is 0 Å². The summed E-state index contributed by atoms with van der Waals surface area (Å²) in [6.07, 6.45) is 0. The van der Waals surface area contributed by atoms with Gasteiger partial charge in [0.15, 0.2) is 0 Å². The van der Waals surface area contributed by atoms with Crippen LogP contribution in [0.15, 0.2) is 44.4 Å². The maximum absolute atomic E-state index is 11.0. The molecule has 1 heterocycles. The van der Waals surface area contributed by atoms with E-state index in [0.29, 0.717) is 5.69 Å². The van der Waals surface area contributed by atoms with Crippen LogP contribution in [0, 0.1) is 0 Å². The molecule has 0 fully saturated rings. The molecule has 4 nitrogen and oxygen atoms in total. The molecule has 0 N–H and O–H groups in total. The van der Waals surface area contributed by atoms with Crippen molar-refractivity contribution in [3.63, 3.8) is 0 Å². The van der Waals surface area contributed by atoms with E-state index in [9.17, 15) is 8.42 Å². The van der Waals surface area contributed by atoms with Crippen LogP contribution in [0.5, 0.6) is 0 Å². The van der Waals surface area contributed by atoms with Crippen LogP contribution in [0.2, 0.25) is 0 Å². The van der Waals surface area contributed by atoms with Gasteiger partial charge in [-0.2, -0.15) is 0 Å². The lowest BCUT2D eigenvalue weighted by Gasteiger charge is -1.94. The minimum absolute atomic E-state index is 0.355. The van der Waals surface area contributed by atoms with Crippen molar-refractivity contribution in [2.24, 2.45) is 0 Å². The van der Waals surface area contributed by atoms with E-state index in [2.05, 4.69) is 25.6 Å². The summed E-state index contributed by atoms with van der Waals surface area (Å²) in [6.45, 7) is 0. The molecule has 0 amide bonds. The van der Waals surface area contributed by atoms with Crippen molar-refractivity contribution >= 4 is 35.7 Å². The van der Waals surface area contributed by atoms with Gasteiger partial charge < -0.3 is 4.52 Å². The average Bonchev–Trinajstić information content (AvgIpc) is 2.67. The van der Waals surface area contributed by atoms with Gasteiger partial charge >= 0.3 is 0 Å². The van der Waals surface area contributed by atoms with Crippen molar-refractivity contribution in [3.8, 4) is 11.3 Å². The Labute approximate surface area is 105 Å². The zero-order valence-electron chi connectivity index (χ0n) is 7.72. The van der Waals surface area contributed by atoms with Crippen molar-refractivity contribution < 1.29 is 12.9 Å². The van der Waals surface area contributed by atoms with Crippen LogP contribution in [0.1, 0.15) is 0 Å². The molecule has 16 heavy (non-hydrogen) atoms. The molecule has 0 aliphatic rings. The van der Waals surface area contributed by atoms with E-state index in [1.165, 1.54) is 6.07 Å². The number of hydrogen-bond acceptors (Lipinski definition) is 4. The molecule has 0 unspecified atom stereocenters. The maximum Gasteiger partial charge on any atom is 0.297 e. The Morgan fingerprint density at radius 3 is 2.38 bits per heavy atom. The summed E-state index contributed by atoms with van der Waals surface area (Å²) in [5, 5.41) is 3.27. The molecule has 1 aromatic heterocycles. The highest BCUT2D eigenvalue weighted by Gasteiger charge is 2.17. The first-order valence-corrected chi connectivity index (χ1v) is 7.24. The molecule has 0 atom stereocenters. The molecule has 2 aromatic rings. The van der Waals surface area contributed by atoms with Crippen molar-refractivity contribution in [1.29, 1.82) is 0 Å². The topological polar surface area (TPSA) is 60.2 Å².